The molecule has 3 rings (SSSR count). The van der Waals surface area contributed by atoms with Crippen LogP contribution in [-0.4, -0.2) is 33.2 Å². The summed E-state index contributed by atoms with van der Waals surface area (Å²) in [5.74, 6) is -1.34. The first-order chi connectivity index (χ1) is 12.4. The Morgan fingerprint density at radius 2 is 1.92 bits per heavy atom. The molecule has 2 heterocycles. The zero-order valence-corrected chi connectivity index (χ0v) is 15.3. The number of aromatic nitrogens is 1. The molecule has 5 nitrogen and oxygen atoms in total. The van der Waals surface area contributed by atoms with Gasteiger partial charge in [0.15, 0.2) is 0 Å². The molecule has 1 atom stereocenters. The first-order valence-corrected chi connectivity index (χ1v) is 8.72. The summed E-state index contributed by atoms with van der Waals surface area (Å²) < 4.78 is 0. The fourth-order valence-corrected chi connectivity index (χ4v) is 3.24. The third-order valence-electron chi connectivity index (χ3n) is 4.22. The van der Waals surface area contributed by atoms with E-state index in [0.717, 1.165) is 0 Å². The van der Waals surface area contributed by atoms with E-state index in [1.165, 1.54) is 4.90 Å². The average Bonchev–Trinajstić information content (AvgIpc) is 2.87. The number of rotatable bonds is 4. The predicted molar refractivity (Wildman–Crippen MR) is 99.5 cm³/mol. The van der Waals surface area contributed by atoms with Gasteiger partial charge in [-0.2, -0.15) is 0 Å². The van der Waals surface area contributed by atoms with Crippen LogP contribution in [0.3, 0.4) is 0 Å². The number of hydrogen-bond donors (Lipinski definition) is 1. The summed E-state index contributed by atoms with van der Waals surface area (Å²) in [5, 5.41) is 11.3. The maximum absolute atomic E-state index is 12.7. The average molecular weight is 371 g/mol. The van der Waals surface area contributed by atoms with Crippen molar-refractivity contribution in [1.29, 1.82) is 0 Å². The number of likely N-dealkylation sites (tertiary alicyclic amines) is 1. The number of aliphatic hydroxyl groups excluding tert-OH is 1. The lowest BCUT2D eigenvalue weighted by atomic mass is 9.96. The van der Waals surface area contributed by atoms with E-state index >= 15 is 0 Å². The molecule has 1 saturated heterocycles. The summed E-state index contributed by atoms with van der Waals surface area (Å²) >= 11 is 5.90. The summed E-state index contributed by atoms with van der Waals surface area (Å²) in [6.45, 7) is 4.35. The fourth-order valence-electron chi connectivity index (χ4n) is 3.11. The van der Waals surface area contributed by atoms with Gasteiger partial charge >= 0.3 is 0 Å². The maximum atomic E-state index is 12.7. The molecule has 1 fully saturated rings. The monoisotopic (exact) mass is 370 g/mol. The summed E-state index contributed by atoms with van der Waals surface area (Å²) in [5.41, 5.74) is 1.19. The Morgan fingerprint density at radius 1 is 1.23 bits per heavy atom. The molecular weight excluding hydrogens is 352 g/mol. The number of aliphatic hydroxyl groups is 1. The van der Waals surface area contributed by atoms with Crippen molar-refractivity contribution in [2.75, 3.05) is 6.54 Å². The highest BCUT2D eigenvalue weighted by Gasteiger charge is 2.46. The second-order valence-corrected chi connectivity index (χ2v) is 7.07. The first-order valence-electron chi connectivity index (χ1n) is 8.34. The van der Waals surface area contributed by atoms with Gasteiger partial charge in [-0.05, 0) is 41.8 Å². The quantitative estimate of drug-likeness (QED) is 0.504. The Balaban J connectivity index is 2.17. The molecule has 0 radical (unpaired) electrons. The molecule has 2 aromatic rings. The molecule has 1 aromatic heterocycles. The lowest BCUT2D eigenvalue weighted by Crippen LogP contribution is -2.33. The molecule has 0 spiro atoms. The van der Waals surface area contributed by atoms with Crippen molar-refractivity contribution >= 4 is 29.1 Å². The number of pyridine rings is 1. The van der Waals surface area contributed by atoms with Crippen molar-refractivity contribution in [3.63, 3.8) is 0 Å². The molecule has 1 aromatic carbocycles. The van der Waals surface area contributed by atoms with Gasteiger partial charge in [-0.15, -0.1) is 0 Å². The number of Topliss-reactive ketones (excluding diaryl/α,β-unsaturated/α-hetero) is 1. The van der Waals surface area contributed by atoms with Gasteiger partial charge in [0, 0.05) is 29.5 Å². The summed E-state index contributed by atoms with van der Waals surface area (Å²) in [6, 6.07) is 9.36. The van der Waals surface area contributed by atoms with Crippen LogP contribution in [0.25, 0.3) is 5.76 Å². The normalized spacial score (nSPS) is 19.4. The van der Waals surface area contributed by atoms with Gasteiger partial charge in [-0.3, -0.25) is 14.6 Å². The Kier molecular flexibility index (Phi) is 5.09. The van der Waals surface area contributed by atoms with Crippen LogP contribution in [0.2, 0.25) is 5.02 Å². The first kappa shape index (κ1) is 18.1. The molecular formula is C20H19ClN2O3. The standard InChI is InChI=1S/C20H19ClN2O3/c1-12(2)11-23-17(14-4-3-9-22-10-14)16(19(25)20(23)26)18(24)13-5-7-15(21)8-6-13/h3-10,12,17,24H,11H2,1-2H3/t17-/m1/s1. The Hall–Kier alpha value is -2.66. The zero-order valence-electron chi connectivity index (χ0n) is 14.5. The van der Waals surface area contributed by atoms with Crippen molar-refractivity contribution in [3.05, 3.63) is 70.5 Å². The van der Waals surface area contributed by atoms with Crippen LogP contribution in [0, 0.1) is 5.92 Å². The minimum Gasteiger partial charge on any atom is -0.507 e. The van der Waals surface area contributed by atoms with Crippen LogP contribution in [0.4, 0.5) is 0 Å². The second-order valence-electron chi connectivity index (χ2n) is 6.64. The summed E-state index contributed by atoms with van der Waals surface area (Å²) in [7, 11) is 0. The molecule has 1 N–H and O–H groups in total. The number of ketones is 1. The Bertz CT molecular complexity index is 860. The number of amides is 1. The SMILES string of the molecule is CC(C)CN1C(=O)C(=O)C(=C(O)c2ccc(Cl)cc2)[C@H]1c1cccnc1. The van der Waals surface area contributed by atoms with Crippen LogP contribution in [0.5, 0.6) is 0 Å². The second kappa shape index (κ2) is 7.30. The number of carbonyl (C=O) groups excluding carboxylic acids is 2. The number of carbonyl (C=O) groups is 2. The largest absolute Gasteiger partial charge is 0.507 e. The van der Waals surface area contributed by atoms with Gasteiger partial charge in [-0.25, -0.2) is 0 Å². The molecule has 0 saturated carbocycles. The van der Waals surface area contributed by atoms with Crippen molar-refractivity contribution in [2.45, 2.75) is 19.9 Å². The molecule has 1 amide bonds. The van der Waals surface area contributed by atoms with E-state index in [1.54, 1.807) is 48.8 Å². The lowest BCUT2D eigenvalue weighted by Gasteiger charge is -2.26. The molecule has 26 heavy (non-hydrogen) atoms. The highest BCUT2D eigenvalue weighted by Crippen LogP contribution is 2.39. The van der Waals surface area contributed by atoms with Gasteiger partial charge in [0.25, 0.3) is 11.7 Å². The lowest BCUT2D eigenvalue weighted by molar-refractivity contribution is -0.140. The molecule has 134 valence electrons. The van der Waals surface area contributed by atoms with Gasteiger partial charge in [0.1, 0.15) is 5.76 Å². The summed E-state index contributed by atoms with van der Waals surface area (Å²) in [6.07, 6.45) is 3.23. The topological polar surface area (TPSA) is 70.5 Å². The van der Waals surface area contributed by atoms with Crippen LogP contribution in [0.15, 0.2) is 54.4 Å². The van der Waals surface area contributed by atoms with E-state index in [1.807, 2.05) is 13.8 Å². The third kappa shape index (κ3) is 3.35. The number of hydrogen-bond acceptors (Lipinski definition) is 4. The van der Waals surface area contributed by atoms with Crippen LogP contribution < -0.4 is 0 Å². The third-order valence-corrected chi connectivity index (χ3v) is 4.47. The Morgan fingerprint density at radius 3 is 2.50 bits per heavy atom. The van der Waals surface area contributed by atoms with E-state index in [9.17, 15) is 14.7 Å². The molecule has 1 aliphatic rings. The van der Waals surface area contributed by atoms with Crippen LogP contribution >= 0.6 is 11.6 Å². The fraction of sp³-hybridized carbons (Fsp3) is 0.250. The minimum absolute atomic E-state index is 0.0750. The minimum atomic E-state index is -0.688. The van der Waals surface area contributed by atoms with Gasteiger partial charge in [-0.1, -0.05) is 31.5 Å². The van der Waals surface area contributed by atoms with Crippen molar-refractivity contribution in [1.82, 2.24) is 9.88 Å². The molecule has 0 unspecified atom stereocenters. The highest BCUT2D eigenvalue weighted by molar-refractivity contribution is 6.46. The molecule has 6 heteroatoms. The molecule has 1 aliphatic heterocycles. The van der Waals surface area contributed by atoms with Crippen LogP contribution in [-0.2, 0) is 9.59 Å². The zero-order chi connectivity index (χ0) is 18.8. The predicted octanol–water partition coefficient (Wildman–Crippen LogP) is 3.81. The van der Waals surface area contributed by atoms with Gasteiger partial charge < -0.3 is 10.0 Å². The van der Waals surface area contributed by atoms with Gasteiger partial charge in [0.05, 0.1) is 11.6 Å². The van der Waals surface area contributed by atoms with Gasteiger partial charge in [0.2, 0.25) is 0 Å². The van der Waals surface area contributed by atoms with E-state index in [0.29, 0.717) is 22.7 Å². The number of benzene rings is 1. The summed E-state index contributed by atoms with van der Waals surface area (Å²) in [4.78, 5) is 30.9. The Labute approximate surface area is 156 Å². The number of halogens is 1. The molecule has 0 aliphatic carbocycles. The van der Waals surface area contributed by atoms with E-state index in [2.05, 4.69) is 4.98 Å². The smallest absolute Gasteiger partial charge is 0.295 e. The highest BCUT2D eigenvalue weighted by atomic mass is 35.5. The van der Waals surface area contributed by atoms with E-state index in [-0.39, 0.29) is 17.3 Å². The van der Waals surface area contributed by atoms with Crippen LogP contribution in [0.1, 0.15) is 31.0 Å². The van der Waals surface area contributed by atoms with Crippen molar-refractivity contribution in [2.24, 2.45) is 5.92 Å². The van der Waals surface area contributed by atoms with Crippen molar-refractivity contribution in [3.8, 4) is 0 Å². The van der Waals surface area contributed by atoms with Crippen molar-refractivity contribution < 1.29 is 14.7 Å². The van der Waals surface area contributed by atoms with E-state index in [4.69, 9.17) is 11.6 Å². The molecule has 0 bridgehead atoms. The maximum Gasteiger partial charge on any atom is 0.295 e. The van der Waals surface area contributed by atoms with E-state index < -0.39 is 17.7 Å². The number of nitrogens with zero attached hydrogens (tertiary/aromatic N) is 2.